The number of anilines is 1. The number of nitrogen functional groups attached to an aromatic ring is 1. The van der Waals surface area contributed by atoms with E-state index in [2.05, 4.69) is 24.2 Å². The van der Waals surface area contributed by atoms with E-state index >= 15 is 0 Å². The summed E-state index contributed by atoms with van der Waals surface area (Å²) in [5.74, 6) is 5.33. The number of hydrazine groups is 1. The zero-order valence-electron chi connectivity index (χ0n) is 11.6. The first-order chi connectivity index (χ1) is 9.12. The van der Waals surface area contributed by atoms with E-state index in [1.54, 1.807) is 12.1 Å². The molecule has 6 nitrogen and oxygen atoms in total. The van der Waals surface area contributed by atoms with Crippen LogP contribution < -0.4 is 11.3 Å². The summed E-state index contributed by atoms with van der Waals surface area (Å²) in [6.45, 7) is 7.06. The number of benzene rings is 1. The number of nitro groups is 1. The maximum absolute atomic E-state index is 10.8. The minimum absolute atomic E-state index is 0.00265. The highest BCUT2D eigenvalue weighted by Crippen LogP contribution is 2.25. The largest absolute Gasteiger partial charge is 0.318 e. The van der Waals surface area contributed by atoms with Crippen molar-refractivity contribution in [1.29, 1.82) is 0 Å². The first kappa shape index (κ1) is 15.4. The van der Waals surface area contributed by atoms with Gasteiger partial charge >= 0.3 is 0 Å². The SMILES string of the molecule is CCCCN(CC)Cc1ccc([N+](=O)[O-])c(NN)c1. The molecule has 0 atom stereocenters. The Kier molecular flexibility index (Phi) is 6.24. The fraction of sp³-hybridized carbons (Fsp3) is 0.538. The fourth-order valence-corrected chi connectivity index (χ4v) is 1.95. The van der Waals surface area contributed by atoms with Crippen LogP contribution in [0.4, 0.5) is 11.4 Å². The van der Waals surface area contributed by atoms with Gasteiger partial charge in [-0.15, -0.1) is 0 Å². The van der Waals surface area contributed by atoms with E-state index in [-0.39, 0.29) is 5.69 Å². The molecule has 106 valence electrons. The van der Waals surface area contributed by atoms with Crippen LogP contribution in [0.5, 0.6) is 0 Å². The summed E-state index contributed by atoms with van der Waals surface area (Å²) in [5.41, 5.74) is 3.77. The third-order valence-corrected chi connectivity index (χ3v) is 3.09. The number of rotatable bonds is 8. The van der Waals surface area contributed by atoms with Crippen LogP contribution in [0.1, 0.15) is 32.3 Å². The van der Waals surface area contributed by atoms with E-state index in [0.29, 0.717) is 5.69 Å². The van der Waals surface area contributed by atoms with Crippen LogP contribution >= 0.6 is 0 Å². The molecule has 1 rings (SSSR count). The molecule has 0 aliphatic rings. The second kappa shape index (κ2) is 7.70. The second-order valence-electron chi connectivity index (χ2n) is 4.48. The van der Waals surface area contributed by atoms with Crippen molar-refractivity contribution in [3.05, 3.63) is 33.9 Å². The number of unbranched alkanes of at least 4 members (excludes halogenated alkanes) is 1. The molecule has 19 heavy (non-hydrogen) atoms. The van der Waals surface area contributed by atoms with Crippen molar-refractivity contribution in [2.45, 2.75) is 33.2 Å². The minimum Gasteiger partial charge on any atom is -0.318 e. The number of nitrogens with two attached hydrogens (primary N) is 1. The van der Waals surface area contributed by atoms with Gasteiger partial charge in [0.15, 0.2) is 0 Å². The fourth-order valence-electron chi connectivity index (χ4n) is 1.95. The third-order valence-electron chi connectivity index (χ3n) is 3.09. The third kappa shape index (κ3) is 4.50. The zero-order chi connectivity index (χ0) is 14.3. The van der Waals surface area contributed by atoms with E-state index < -0.39 is 4.92 Å². The van der Waals surface area contributed by atoms with Crippen LogP contribution in [-0.2, 0) is 6.54 Å². The van der Waals surface area contributed by atoms with E-state index in [4.69, 9.17) is 5.84 Å². The topological polar surface area (TPSA) is 84.4 Å². The summed E-state index contributed by atoms with van der Waals surface area (Å²) in [4.78, 5) is 12.7. The number of nitro benzene ring substituents is 1. The van der Waals surface area contributed by atoms with Gasteiger partial charge in [-0.25, -0.2) is 0 Å². The molecule has 1 aromatic carbocycles. The van der Waals surface area contributed by atoms with Crippen molar-refractivity contribution >= 4 is 11.4 Å². The molecular formula is C13H22N4O2. The number of hydrogen-bond acceptors (Lipinski definition) is 5. The van der Waals surface area contributed by atoms with Crippen LogP contribution in [0.3, 0.4) is 0 Å². The van der Waals surface area contributed by atoms with Crippen molar-refractivity contribution in [1.82, 2.24) is 4.90 Å². The molecule has 0 spiro atoms. The summed E-state index contributed by atoms with van der Waals surface area (Å²) in [6.07, 6.45) is 2.31. The molecule has 1 aromatic rings. The summed E-state index contributed by atoms with van der Waals surface area (Å²) in [7, 11) is 0. The molecule has 0 radical (unpaired) electrons. The Labute approximate surface area is 113 Å². The molecule has 0 unspecified atom stereocenters. The Hall–Kier alpha value is -1.66. The molecule has 3 N–H and O–H groups in total. The summed E-state index contributed by atoms with van der Waals surface area (Å²) in [6, 6.07) is 5.03. The lowest BCUT2D eigenvalue weighted by atomic mass is 10.1. The van der Waals surface area contributed by atoms with E-state index in [0.717, 1.165) is 38.0 Å². The molecule has 0 heterocycles. The van der Waals surface area contributed by atoms with Crippen LogP contribution in [0, 0.1) is 10.1 Å². The van der Waals surface area contributed by atoms with Crippen molar-refractivity contribution in [3.8, 4) is 0 Å². The number of nitrogens with one attached hydrogen (secondary N) is 1. The lowest BCUT2D eigenvalue weighted by Crippen LogP contribution is -2.24. The molecule has 0 aliphatic heterocycles. The highest BCUT2D eigenvalue weighted by molar-refractivity contribution is 5.62. The molecule has 6 heteroatoms. The molecule has 0 saturated carbocycles. The highest BCUT2D eigenvalue weighted by Gasteiger charge is 2.14. The van der Waals surface area contributed by atoms with Crippen LogP contribution in [0.2, 0.25) is 0 Å². The molecule has 0 aromatic heterocycles. The normalized spacial score (nSPS) is 10.7. The van der Waals surface area contributed by atoms with Gasteiger partial charge < -0.3 is 5.43 Å². The maximum atomic E-state index is 10.8. The Balaban J connectivity index is 2.81. The van der Waals surface area contributed by atoms with E-state index in [9.17, 15) is 10.1 Å². The summed E-state index contributed by atoms with van der Waals surface area (Å²) in [5, 5.41) is 10.8. The standard InChI is InChI=1S/C13H22N4O2/c1-3-5-8-16(4-2)10-11-6-7-13(17(18)19)12(9-11)15-14/h6-7,9,15H,3-5,8,10,14H2,1-2H3. The number of hydrogen-bond donors (Lipinski definition) is 2. The second-order valence-corrected chi connectivity index (χ2v) is 4.48. The smallest absolute Gasteiger partial charge is 0.293 e. The van der Waals surface area contributed by atoms with Gasteiger partial charge in [-0.1, -0.05) is 26.3 Å². The molecular weight excluding hydrogens is 244 g/mol. The first-order valence-electron chi connectivity index (χ1n) is 6.58. The van der Waals surface area contributed by atoms with Crippen LogP contribution in [-0.4, -0.2) is 22.9 Å². The molecule has 0 aliphatic carbocycles. The lowest BCUT2D eigenvalue weighted by molar-refractivity contribution is -0.384. The maximum Gasteiger partial charge on any atom is 0.293 e. The van der Waals surface area contributed by atoms with Gasteiger partial charge in [0.2, 0.25) is 0 Å². The predicted octanol–water partition coefficient (Wildman–Crippen LogP) is 2.50. The van der Waals surface area contributed by atoms with Gasteiger partial charge in [-0.05, 0) is 31.1 Å². The molecule has 0 bridgehead atoms. The molecule has 0 saturated heterocycles. The zero-order valence-corrected chi connectivity index (χ0v) is 11.6. The van der Waals surface area contributed by atoms with E-state index in [1.165, 1.54) is 6.07 Å². The van der Waals surface area contributed by atoms with E-state index in [1.807, 2.05) is 0 Å². The molecule has 0 fully saturated rings. The van der Waals surface area contributed by atoms with Gasteiger partial charge in [0.05, 0.1) is 4.92 Å². The Bertz CT molecular complexity index is 423. The highest BCUT2D eigenvalue weighted by atomic mass is 16.6. The Morgan fingerprint density at radius 3 is 2.68 bits per heavy atom. The van der Waals surface area contributed by atoms with Crippen molar-refractivity contribution in [2.75, 3.05) is 18.5 Å². The average Bonchev–Trinajstić information content (AvgIpc) is 2.42. The summed E-state index contributed by atoms with van der Waals surface area (Å²) < 4.78 is 0. The quantitative estimate of drug-likeness (QED) is 0.429. The lowest BCUT2D eigenvalue weighted by Gasteiger charge is -2.20. The summed E-state index contributed by atoms with van der Waals surface area (Å²) >= 11 is 0. The molecule has 0 amide bonds. The van der Waals surface area contributed by atoms with Gasteiger partial charge in [-0.2, -0.15) is 0 Å². The monoisotopic (exact) mass is 266 g/mol. The van der Waals surface area contributed by atoms with Crippen molar-refractivity contribution in [3.63, 3.8) is 0 Å². The van der Waals surface area contributed by atoms with Crippen molar-refractivity contribution in [2.24, 2.45) is 5.84 Å². The Morgan fingerprint density at radius 1 is 1.42 bits per heavy atom. The van der Waals surface area contributed by atoms with Crippen LogP contribution in [0.15, 0.2) is 18.2 Å². The van der Waals surface area contributed by atoms with Crippen LogP contribution in [0.25, 0.3) is 0 Å². The van der Waals surface area contributed by atoms with Gasteiger partial charge in [0.25, 0.3) is 5.69 Å². The minimum atomic E-state index is -0.437. The predicted molar refractivity (Wildman–Crippen MR) is 76.8 cm³/mol. The van der Waals surface area contributed by atoms with Gasteiger partial charge in [0.1, 0.15) is 5.69 Å². The van der Waals surface area contributed by atoms with Gasteiger partial charge in [-0.3, -0.25) is 20.9 Å². The Morgan fingerprint density at radius 2 is 2.16 bits per heavy atom. The van der Waals surface area contributed by atoms with Crippen molar-refractivity contribution < 1.29 is 4.92 Å². The number of nitrogens with zero attached hydrogens (tertiary/aromatic N) is 2. The first-order valence-corrected chi connectivity index (χ1v) is 6.58. The average molecular weight is 266 g/mol. The van der Waals surface area contributed by atoms with Gasteiger partial charge in [0, 0.05) is 12.6 Å².